The summed E-state index contributed by atoms with van der Waals surface area (Å²) in [4.78, 5) is 50.1. The fourth-order valence-electron chi connectivity index (χ4n) is 3.55. The van der Waals surface area contributed by atoms with Crippen molar-refractivity contribution in [1.82, 2.24) is 16.0 Å². The van der Waals surface area contributed by atoms with Crippen molar-refractivity contribution in [3.63, 3.8) is 0 Å². The van der Waals surface area contributed by atoms with Crippen LogP contribution in [0.15, 0.2) is 54.6 Å². The van der Waals surface area contributed by atoms with Gasteiger partial charge in [0.2, 0.25) is 17.7 Å². The lowest BCUT2D eigenvalue weighted by molar-refractivity contribution is -0.143. The van der Waals surface area contributed by atoms with E-state index in [4.69, 9.17) is 5.73 Å². The van der Waals surface area contributed by atoms with Gasteiger partial charge in [-0.1, -0.05) is 56.3 Å². The Morgan fingerprint density at radius 1 is 0.784 bits per heavy atom. The summed E-state index contributed by atoms with van der Waals surface area (Å²) in [5.74, 6) is -3.92. The minimum absolute atomic E-state index is 0.00874. The van der Waals surface area contributed by atoms with Crippen LogP contribution in [0.4, 0.5) is 0 Å². The van der Waals surface area contributed by atoms with Crippen molar-refractivity contribution in [1.29, 1.82) is 0 Å². The monoisotopic (exact) mass is 514 g/mol. The van der Waals surface area contributed by atoms with Crippen LogP contribution in [0.25, 0.3) is 0 Å². The van der Waals surface area contributed by atoms with Crippen molar-refractivity contribution in [3.8, 4) is 5.75 Å². The van der Waals surface area contributed by atoms with Gasteiger partial charge in [-0.3, -0.25) is 14.4 Å². The highest BCUT2D eigenvalue weighted by atomic mass is 16.4. The van der Waals surface area contributed by atoms with Crippen molar-refractivity contribution in [2.45, 2.75) is 50.9 Å². The van der Waals surface area contributed by atoms with Gasteiger partial charge in [0.05, 0.1) is 12.6 Å². The van der Waals surface area contributed by atoms with Crippen LogP contribution in [-0.2, 0) is 32.0 Å². The molecule has 4 atom stereocenters. The molecule has 0 spiro atoms. The Morgan fingerprint density at radius 2 is 1.32 bits per heavy atom. The van der Waals surface area contributed by atoms with Crippen LogP contribution in [0.3, 0.4) is 0 Å². The molecule has 37 heavy (non-hydrogen) atoms. The smallest absolute Gasteiger partial charge is 0.326 e. The molecule has 0 aliphatic carbocycles. The summed E-state index contributed by atoms with van der Waals surface area (Å²) in [7, 11) is 0. The number of benzene rings is 2. The van der Waals surface area contributed by atoms with Crippen molar-refractivity contribution in [2.75, 3.05) is 6.61 Å². The molecule has 0 bridgehead atoms. The summed E-state index contributed by atoms with van der Waals surface area (Å²) in [6.07, 6.45) is 0.173. The Hall–Kier alpha value is -3.96. The number of carbonyl (C=O) groups is 4. The molecule has 2 rings (SSSR count). The maximum atomic E-state index is 13.0. The highest BCUT2D eigenvalue weighted by molar-refractivity contribution is 5.94. The zero-order valence-electron chi connectivity index (χ0n) is 20.8. The van der Waals surface area contributed by atoms with Gasteiger partial charge in [-0.05, 0) is 35.6 Å². The van der Waals surface area contributed by atoms with E-state index in [-0.39, 0.29) is 18.6 Å². The van der Waals surface area contributed by atoms with E-state index in [1.54, 1.807) is 50.2 Å². The molecule has 8 N–H and O–H groups in total. The number of aliphatic hydroxyl groups is 1. The zero-order valence-corrected chi connectivity index (χ0v) is 20.8. The third kappa shape index (κ3) is 9.21. The van der Waals surface area contributed by atoms with Gasteiger partial charge < -0.3 is 37.0 Å². The predicted octanol–water partition coefficient (Wildman–Crippen LogP) is -0.308. The van der Waals surface area contributed by atoms with Gasteiger partial charge >= 0.3 is 5.97 Å². The van der Waals surface area contributed by atoms with Gasteiger partial charge in [-0.15, -0.1) is 0 Å². The second kappa shape index (κ2) is 14.0. The molecule has 11 heteroatoms. The van der Waals surface area contributed by atoms with Gasteiger partial charge in [-0.2, -0.15) is 0 Å². The fourth-order valence-corrected chi connectivity index (χ4v) is 3.55. The van der Waals surface area contributed by atoms with Crippen LogP contribution >= 0.6 is 0 Å². The van der Waals surface area contributed by atoms with Crippen LogP contribution in [0, 0.1) is 5.92 Å². The summed E-state index contributed by atoms with van der Waals surface area (Å²) >= 11 is 0. The first kappa shape index (κ1) is 29.3. The van der Waals surface area contributed by atoms with E-state index < -0.39 is 60.4 Å². The first-order chi connectivity index (χ1) is 17.5. The highest BCUT2D eigenvalue weighted by Gasteiger charge is 2.31. The van der Waals surface area contributed by atoms with E-state index >= 15 is 0 Å². The Morgan fingerprint density at radius 3 is 1.86 bits per heavy atom. The number of aliphatic hydroxyl groups excluding tert-OH is 1. The third-order valence-corrected chi connectivity index (χ3v) is 5.69. The summed E-state index contributed by atoms with van der Waals surface area (Å²) in [6, 6.07) is 10.1. The minimum Gasteiger partial charge on any atom is -0.508 e. The van der Waals surface area contributed by atoms with E-state index in [0.717, 1.165) is 5.56 Å². The first-order valence-electron chi connectivity index (χ1n) is 11.8. The Kier molecular flexibility index (Phi) is 11.0. The van der Waals surface area contributed by atoms with E-state index in [0.29, 0.717) is 5.56 Å². The van der Waals surface area contributed by atoms with Crippen LogP contribution in [0.5, 0.6) is 5.75 Å². The van der Waals surface area contributed by atoms with Crippen LogP contribution < -0.4 is 21.7 Å². The molecule has 0 saturated carbocycles. The Balaban J connectivity index is 2.14. The Labute approximate surface area is 215 Å². The number of carboxylic acids is 1. The topological polar surface area (TPSA) is 191 Å². The molecule has 0 fully saturated rings. The SMILES string of the molecule is CC(C)C(NC(=O)C(Cc1ccc(O)cc1)NC(=O)C(CO)NC(=O)C(N)Cc1ccccc1)C(=O)O. The number of nitrogens with one attached hydrogen (secondary N) is 3. The fraction of sp³-hybridized carbons (Fsp3) is 0.385. The lowest BCUT2D eigenvalue weighted by atomic mass is 10.0. The average Bonchev–Trinajstić information content (AvgIpc) is 2.86. The minimum atomic E-state index is -1.40. The molecule has 0 heterocycles. The maximum Gasteiger partial charge on any atom is 0.326 e. The predicted molar refractivity (Wildman–Crippen MR) is 135 cm³/mol. The van der Waals surface area contributed by atoms with Crippen molar-refractivity contribution < 1.29 is 34.5 Å². The molecule has 0 saturated heterocycles. The van der Waals surface area contributed by atoms with Crippen LogP contribution in [-0.4, -0.2) is 69.8 Å². The van der Waals surface area contributed by atoms with E-state index in [9.17, 15) is 34.5 Å². The highest BCUT2D eigenvalue weighted by Crippen LogP contribution is 2.12. The average molecular weight is 515 g/mol. The molecule has 200 valence electrons. The second-order valence-electron chi connectivity index (χ2n) is 9.04. The number of rotatable bonds is 13. The molecule has 2 aromatic rings. The standard InChI is InChI=1S/C26H34N4O7/c1-15(2)22(26(36)37)30-24(34)20(13-17-8-10-18(32)11-9-17)28-25(35)21(14-31)29-23(33)19(27)12-16-6-4-3-5-7-16/h3-11,15,19-22,31-32H,12-14,27H2,1-2H3,(H,28,35)(H,29,33)(H,30,34)(H,36,37). The third-order valence-electron chi connectivity index (χ3n) is 5.69. The number of hydrogen-bond donors (Lipinski definition) is 7. The molecule has 2 aromatic carbocycles. The van der Waals surface area contributed by atoms with Gasteiger partial charge in [0, 0.05) is 6.42 Å². The number of nitrogens with two attached hydrogens (primary N) is 1. The van der Waals surface area contributed by atoms with Gasteiger partial charge in [-0.25, -0.2) is 4.79 Å². The first-order valence-corrected chi connectivity index (χ1v) is 11.8. The zero-order chi connectivity index (χ0) is 27.5. The number of phenolic OH excluding ortho intramolecular Hbond substituents is 1. The summed E-state index contributed by atoms with van der Waals surface area (Å²) in [6.45, 7) is 2.50. The number of carbonyl (C=O) groups excluding carboxylic acids is 3. The van der Waals surface area contributed by atoms with Crippen LogP contribution in [0.1, 0.15) is 25.0 Å². The van der Waals surface area contributed by atoms with Crippen LogP contribution in [0.2, 0.25) is 0 Å². The number of phenols is 1. The largest absolute Gasteiger partial charge is 0.508 e. The summed E-state index contributed by atoms with van der Waals surface area (Å²) in [5, 5.41) is 36.0. The summed E-state index contributed by atoms with van der Waals surface area (Å²) < 4.78 is 0. The number of aliphatic carboxylic acids is 1. The van der Waals surface area contributed by atoms with E-state index in [2.05, 4.69) is 16.0 Å². The van der Waals surface area contributed by atoms with Gasteiger partial charge in [0.15, 0.2) is 0 Å². The maximum absolute atomic E-state index is 13.0. The molecule has 0 aliphatic rings. The molecule has 0 aromatic heterocycles. The molecule has 4 unspecified atom stereocenters. The molecule has 3 amide bonds. The Bertz CT molecular complexity index is 1060. The number of amides is 3. The normalized spacial score (nSPS) is 14.2. The van der Waals surface area contributed by atoms with Crippen molar-refractivity contribution in [3.05, 3.63) is 65.7 Å². The van der Waals surface area contributed by atoms with Gasteiger partial charge in [0.1, 0.15) is 23.9 Å². The molecule has 0 radical (unpaired) electrons. The quantitative estimate of drug-likeness (QED) is 0.189. The lowest BCUT2D eigenvalue weighted by Gasteiger charge is -2.25. The second-order valence-corrected chi connectivity index (χ2v) is 9.04. The summed E-state index contributed by atoms with van der Waals surface area (Å²) in [5.41, 5.74) is 7.35. The van der Waals surface area contributed by atoms with Crippen molar-refractivity contribution in [2.24, 2.45) is 11.7 Å². The van der Waals surface area contributed by atoms with E-state index in [1.165, 1.54) is 12.1 Å². The van der Waals surface area contributed by atoms with Crippen molar-refractivity contribution >= 4 is 23.7 Å². The number of carboxylic acid groups (broad SMARTS) is 1. The number of hydrogen-bond acceptors (Lipinski definition) is 7. The molecular formula is C26H34N4O7. The lowest BCUT2D eigenvalue weighted by Crippen LogP contribution is -2.59. The van der Waals surface area contributed by atoms with Gasteiger partial charge in [0.25, 0.3) is 0 Å². The number of aromatic hydroxyl groups is 1. The molecule has 11 nitrogen and oxygen atoms in total. The molecular weight excluding hydrogens is 480 g/mol. The van der Waals surface area contributed by atoms with E-state index in [1.807, 2.05) is 6.07 Å². The molecule has 0 aliphatic heterocycles.